The fourth-order valence-corrected chi connectivity index (χ4v) is 2.80. The van der Waals surface area contributed by atoms with Crippen LogP contribution in [0.2, 0.25) is 0 Å². The summed E-state index contributed by atoms with van der Waals surface area (Å²) in [4.78, 5) is 10.7. The molecule has 0 aromatic heterocycles. The minimum Gasteiger partial charge on any atom is -0.493 e. The summed E-state index contributed by atoms with van der Waals surface area (Å²) in [5, 5.41) is 14.6. The standard InChI is InChI=1S/C16H22N2O3/c1-2-7-21-15-9-13(8-14(10-15)18(19)20)17-16(11-3-4-11)12-5-6-12/h8-12,16-17H,2-7H2,1H3. The number of nitro groups is 1. The van der Waals surface area contributed by atoms with Gasteiger partial charge >= 0.3 is 0 Å². The van der Waals surface area contributed by atoms with Gasteiger partial charge in [0.15, 0.2) is 0 Å². The number of benzene rings is 1. The number of hydrogen-bond acceptors (Lipinski definition) is 4. The molecule has 0 atom stereocenters. The van der Waals surface area contributed by atoms with Crippen LogP contribution in [-0.4, -0.2) is 17.6 Å². The van der Waals surface area contributed by atoms with Gasteiger partial charge in [0.05, 0.1) is 17.6 Å². The van der Waals surface area contributed by atoms with E-state index in [1.807, 2.05) is 13.0 Å². The first-order chi connectivity index (χ1) is 10.2. The molecule has 0 amide bonds. The van der Waals surface area contributed by atoms with Crippen molar-refractivity contribution in [3.8, 4) is 5.75 Å². The summed E-state index contributed by atoms with van der Waals surface area (Å²) >= 11 is 0. The van der Waals surface area contributed by atoms with Gasteiger partial charge in [-0.05, 0) is 43.9 Å². The van der Waals surface area contributed by atoms with E-state index in [4.69, 9.17) is 4.74 Å². The van der Waals surface area contributed by atoms with Gasteiger partial charge in [0.2, 0.25) is 0 Å². The second kappa shape index (κ2) is 5.92. The largest absolute Gasteiger partial charge is 0.493 e. The molecule has 0 heterocycles. The molecule has 0 spiro atoms. The van der Waals surface area contributed by atoms with Crippen LogP contribution in [0.1, 0.15) is 39.0 Å². The van der Waals surface area contributed by atoms with Gasteiger partial charge in [-0.1, -0.05) is 6.92 Å². The molecule has 3 rings (SSSR count). The third-order valence-electron chi connectivity index (χ3n) is 4.17. The molecule has 0 bridgehead atoms. The number of anilines is 1. The number of nitrogens with one attached hydrogen (secondary N) is 1. The Kier molecular flexibility index (Phi) is 3.99. The Hall–Kier alpha value is -1.78. The second-order valence-electron chi connectivity index (χ2n) is 6.17. The highest BCUT2D eigenvalue weighted by molar-refractivity contribution is 5.57. The summed E-state index contributed by atoms with van der Waals surface area (Å²) < 4.78 is 5.58. The zero-order valence-electron chi connectivity index (χ0n) is 12.4. The van der Waals surface area contributed by atoms with Crippen LogP contribution in [0.15, 0.2) is 18.2 Å². The quantitative estimate of drug-likeness (QED) is 0.581. The fraction of sp³-hybridized carbons (Fsp3) is 0.625. The van der Waals surface area contributed by atoms with E-state index in [2.05, 4.69) is 5.32 Å². The first-order valence-corrected chi connectivity index (χ1v) is 7.86. The molecule has 0 unspecified atom stereocenters. The van der Waals surface area contributed by atoms with Crippen LogP contribution in [0.4, 0.5) is 11.4 Å². The molecule has 1 N–H and O–H groups in total. The lowest BCUT2D eigenvalue weighted by atomic mass is 10.1. The molecule has 0 saturated heterocycles. The summed E-state index contributed by atoms with van der Waals surface area (Å²) in [6.45, 7) is 2.60. The average molecular weight is 290 g/mol. The monoisotopic (exact) mass is 290 g/mol. The van der Waals surface area contributed by atoms with Gasteiger partial charge in [-0.2, -0.15) is 0 Å². The van der Waals surface area contributed by atoms with Gasteiger partial charge < -0.3 is 10.1 Å². The zero-order valence-corrected chi connectivity index (χ0v) is 12.4. The van der Waals surface area contributed by atoms with E-state index in [0.29, 0.717) is 18.4 Å². The molecule has 21 heavy (non-hydrogen) atoms. The average Bonchev–Trinajstić information content (AvgIpc) is 3.35. The van der Waals surface area contributed by atoms with Crippen molar-refractivity contribution in [3.63, 3.8) is 0 Å². The number of rotatable bonds is 8. The van der Waals surface area contributed by atoms with Crippen molar-refractivity contribution in [1.82, 2.24) is 0 Å². The maximum absolute atomic E-state index is 11.1. The molecule has 2 aliphatic carbocycles. The van der Waals surface area contributed by atoms with E-state index in [0.717, 1.165) is 23.9 Å². The van der Waals surface area contributed by atoms with Gasteiger partial charge in [-0.25, -0.2) is 0 Å². The van der Waals surface area contributed by atoms with Crippen LogP contribution in [-0.2, 0) is 0 Å². The van der Waals surface area contributed by atoms with Crippen molar-refractivity contribution in [2.75, 3.05) is 11.9 Å². The molecule has 0 aliphatic heterocycles. The van der Waals surface area contributed by atoms with Crippen LogP contribution in [0.25, 0.3) is 0 Å². The van der Waals surface area contributed by atoms with Crippen molar-refractivity contribution >= 4 is 11.4 Å². The number of nitrogens with zero attached hydrogens (tertiary/aromatic N) is 1. The van der Waals surface area contributed by atoms with Crippen molar-refractivity contribution in [3.05, 3.63) is 28.3 Å². The van der Waals surface area contributed by atoms with E-state index in [9.17, 15) is 10.1 Å². The third kappa shape index (κ3) is 3.65. The Morgan fingerprint density at radius 2 is 1.95 bits per heavy atom. The van der Waals surface area contributed by atoms with Crippen LogP contribution >= 0.6 is 0 Å². The Bertz CT molecular complexity index is 512. The lowest BCUT2D eigenvalue weighted by Crippen LogP contribution is -2.24. The first kappa shape index (κ1) is 14.2. The highest BCUT2D eigenvalue weighted by Gasteiger charge is 2.41. The number of non-ortho nitro benzene ring substituents is 1. The minimum atomic E-state index is -0.354. The topological polar surface area (TPSA) is 64.4 Å². The number of nitro benzene ring substituents is 1. The Balaban J connectivity index is 1.78. The maximum atomic E-state index is 11.1. The van der Waals surface area contributed by atoms with Crippen LogP contribution in [0, 0.1) is 22.0 Å². The summed E-state index contributed by atoms with van der Waals surface area (Å²) in [7, 11) is 0. The van der Waals surface area contributed by atoms with Gasteiger partial charge in [0.25, 0.3) is 5.69 Å². The van der Waals surface area contributed by atoms with Crippen LogP contribution < -0.4 is 10.1 Å². The van der Waals surface area contributed by atoms with Crippen LogP contribution in [0.5, 0.6) is 5.75 Å². The summed E-state index contributed by atoms with van der Waals surface area (Å²) in [6, 6.07) is 5.49. The SMILES string of the molecule is CCCOc1cc(NC(C2CC2)C2CC2)cc([N+](=O)[O-])c1. The molecule has 2 fully saturated rings. The third-order valence-corrected chi connectivity index (χ3v) is 4.17. The summed E-state index contributed by atoms with van der Waals surface area (Å²) in [6.07, 6.45) is 6.01. The Labute approximate surface area is 124 Å². The molecule has 5 heteroatoms. The van der Waals surface area contributed by atoms with E-state index in [-0.39, 0.29) is 10.6 Å². The number of hydrogen-bond donors (Lipinski definition) is 1. The summed E-state index contributed by atoms with van der Waals surface area (Å²) in [5.74, 6) is 2.08. The van der Waals surface area contributed by atoms with E-state index in [1.165, 1.54) is 31.7 Å². The second-order valence-corrected chi connectivity index (χ2v) is 6.17. The van der Waals surface area contributed by atoms with Crippen molar-refractivity contribution in [2.24, 2.45) is 11.8 Å². The number of ether oxygens (including phenoxy) is 1. The normalized spacial score (nSPS) is 17.8. The highest BCUT2D eigenvalue weighted by atomic mass is 16.6. The van der Waals surface area contributed by atoms with Gasteiger partial charge in [0, 0.05) is 23.9 Å². The fourth-order valence-electron chi connectivity index (χ4n) is 2.80. The van der Waals surface area contributed by atoms with Crippen LogP contribution in [0.3, 0.4) is 0 Å². The molecule has 0 radical (unpaired) electrons. The highest BCUT2D eigenvalue weighted by Crippen LogP contribution is 2.46. The van der Waals surface area contributed by atoms with Crippen molar-refractivity contribution in [1.29, 1.82) is 0 Å². The molecule has 1 aromatic rings. The van der Waals surface area contributed by atoms with Gasteiger partial charge in [-0.3, -0.25) is 10.1 Å². The lowest BCUT2D eigenvalue weighted by Gasteiger charge is -2.19. The zero-order chi connectivity index (χ0) is 14.8. The van der Waals surface area contributed by atoms with E-state index < -0.39 is 0 Å². The van der Waals surface area contributed by atoms with E-state index in [1.54, 1.807) is 6.07 Å². The predicted octanol–water partition coefficient (Wildman–Crippen LogP) is 3.98. The molecular weight excluding hydrogens is 268 g/mol. The van der Waals surface area contributed by atoms with Crippen molar-refractivity contribution < 1.29 is 9.66 Å². The summed E-state index contributed by atoms with van der Waals surface area (Å²) in [5.41, 5.74) is 0.913. The molecular formula is C16H22N2O3. The molecule has 1 aromatic carbocycles. The van der Waals surface area contributed by atoms with E-state index >= 15 is 0 Å². The molecule has 2 aliphatic rings. The Morgan fingerprint density at radius 1 is 1.29 bits per heavy atom. The maximum Gasteiger partial charge on any atom is 0.275 e. The first-order valence-electron chi connectivity index (χ1n) is 7.86. The Morgan fingerprint density at radius 3 is 2.48 bits per heavy atom. The van der Waals surface area contributed by atoms with Gasteiger partial charge in [0.1, 0.15) is 5.75 Å². The smallest absolute Gasteiger partial charge is 0.275 e. The molecule has 2 saturated carbocycles. The minimum absolute atomic E-state index is 0.0939. The van der Waals surface area contributed by atoms with Gasteiger partial charge in [-0.15, -0.1) is 0 Å². The van der Waals surface area contributed by atoms with Crippen molar-refractivity contribution in [2.45, 2.75) is 45.1 Å². The molecule has 114 valence electrons. The lowest BCUT2D eigenvalue weighted by molar-refractivity contribution is -0.384. The predicted molar refractivity (Wildman–Crippen MR) is 81.7 cm³/mol. The molecule has 5 nitrogen and oxygen atoms in total.